The number of fused-ring (bicyclic) bond motifs is 19. The highest BCUT2D eigenvalue weighted by Gasteiger charge is 2.66. The number of aromatic nitrogens is 3. The smallest absolute Gasteiger partial charge is 0.318 e. The summed E-state index contributed by atoms with van der Waals surface area (Å²) in [7, 11) is 1.54. The van der Waals surface area contributed by atoms with Crippen molar-refractivity contribution in [2.45, 2.75) is 157 Å². The molecule has 15 rings (SSSR count). The summed E-state index contributed by atoms with van der Waals surface area (Å²) in [5.41, 5.74) is 10.4. The average Bonchev–Trinajstić information content (AvgIpc) is 1.59. The van der Waals surface area contributed by atoms with Gasteiger partial charge in [0, 0.05) is 65.5 Å². The summed E-state index contributed by atoms with van der Waals surface area (Å²) in [6, 6.07) is 26.7. The van der Waals surface area contributed by atoms with Crippen molar-refractivity contribution in [1.82, 2.24) is 19.9 Å². The molecule has 15 atom stereocenters. The van der Waals surface area contributed by atoms with Crippen molar-refractivity contribution in [2.75, 3.05) is 20.3 Å². The number of esters is 1. The van der Waals surface area contributed by atoms with Gasteiger partial charge >= 0.3 is 5.97 Å². The lowest BCUT2D eigenvalue weighted by Gasteiger charge is -2.60. The van der Waals surface area contributed by atoms with Gasteiger partial charge in [0.2, 0.25) is 0 Å². The number of aliphatic hydroxyl groups excluding tert-OH is 4. The number of aryl methyl sites for hydroxylation is 1. The van der Waals surface area contributed by atoms with E-state index in [1.807, 2.05) is 42.6 Å². The maximum atomic E-state index is 15.6. The van der Waals surface area contributed by atoms with Gasteiger partial charge in [0.25, 0.3) is 0 Å². The second-order valence-corrected chi connectivity index (χ2v) is 27.5. The third-order valence-corrected chi connectivity index (χ3v) is 22.9. The summed E-state index contributed by atoms with van der Waals surface area (Å²) in [6.45, 7) is -0.334. The van der Waals surface area contributed by atoms with Crippen molar-refractivity contribution < 1.29 is 59.5 Å². The van der Waals surface area contributed by atoms with E-state index in [2.05, 4.69) is 62.0 Å². The zero-order valence-electron chi connectivity index (χ0n) is 50.3. The first-order valence-electron chi connectivity index (χ1n) is 32.5. The Kier molecular flexibility index (Phi) is 14.8. The largest absolute Gasteiger partial charge is 0.508 e. The monoisotopic (exact) mass is 1200 g/mol. The van der Waals surface area contributed by atoms with E-state index in [4.69, 9.17) is 14.2 Å². The Morgan fingerprint density at radius 2 is 1.71 bits per heavy atom. The number of methoxy groups -OCH3 is 1. The van der Waals surface area contributed by atoms with Crippen LogP contribution in [-0.4, -0.2) is 118 Å². The third-order valence-electron chi connectivity index (χ3n) is 22.9. The molecule has 16 heteroatoms. The van der Waals surface area contributed by atoms with E-state index in [0.29, 0.717) is 18.4 Å². The van der Waals surface area contributed by atoms with Gasteiger partial charge in [0.1, 0.15) is 30.7 Å². The Labute approximate surface area is 517 Å². The number of hydrogen-bond acceptors (Lipinski definition) is 13. The van der Waals surface area contributed by atoms with E-state index in [1.165, 1.54) is 18.7 Å². The van der Waals surface area contributed by atoms with Gasteiger partial charge in [0.15, 0.2) is 23.0 Å². The van der Waals surface area contributed by atoms with Gasteiger partial charge in [-0.1, -0.05) is 54.7 Å². The fourth-order valence-corrected chi connectivity index (χ4v) is 19.5. The van der Waals surface area contributed by atoms with Crippen LogP contribution >= 0.6 is 0 Å². The molecule has 3 aliphatic heterocycles. The van der Waals surface area contributed by atoms with Crippen LogP contribution in [0.15, 0.2) is 97.2 Å². The molecule has 4 saturated carbocycles. The highest BCUT2D eigenvalue weighted by molar-refractivity contribution is 5.95. The van der Waals surface area contributed by atoms with E-state index >= 15 is 4.79 Å². The molecular formula is C73H80N4O12. The topological polar surface area (TPSA) is 252 Å². The van der Waals surface area contributed by atoms with Gasteiger partial charge in [-0.25, -0.2) is 0 Å². The maximum absolute atomic E-state index is 15.6. The zero-order valence-corrected chi connectivity index (χ0v) is 50.3. The number of cyclic esters (lactones) is 1. The number of phenolic OH excluding ortho intramolecular Hbond substituents is 3. The maximum Gasteiger partial charge on any atom is 0.318 e. The molecule has 89 heavy (non-hydrogen) atoms. The minimum absolute atomic E-state index is 0.0107. The van der Waals surface area contributed by atoms with E-state index in [1.54, 1.807) is 18.2 Å². The molecule has 464 valence electrons. The molecule has 2 spiro atoms. The van der Waals surface area contributed by atoms with Crippen molar-refractivity contribution >= 4 is 39.3 Å². The minimum Gasteiger partial charge on any atom is -0.508 e. The summed E-state index contributed by atoms with van der Waals surface area (Å²) < 4.78 is 20.3. The van der Waals surface area contributed by atoms with Crippen LogP contribution in [0.3, 0.4) is 0 Å². The Balaban J connectivity index is 0.894. The number of ketones is 1. The number of H-pyrrole nitrogens is 2. The Morgan fingerprint density at radius 3 is 2.57 bits per heavy atom. The van der Waals surface area contributed by atoms with Crippen LogP contribution in [-0.2, 0) is 33.6 Å². The number of aromatic hydroxyl groups is 3. The first-order chi connectivity index (χ1) is 43.2. The van der Waals surface area contributed by atoms with Gasteiger partial charge in [-0.2, -0.15) is 0 Å². The van der Waals surface area contributed by atoms with Gasteiger partial charge in [-0.3, -0.25) is 9.59 Å². The summed E-state index contributed by atoms with van der Waals surface area (Å²) in [5, 5.41) is 85.4. The molecule has 8 aliphatic rings. The normalized spacial score (nSPS) is 31.9. The van der Waals surface area contributed by atoms with E-state index < -0.39 is 41.8 Å². The van der Waals surface area contributed by atoms with Gasteiger partial charge in [0.05, 0.1) is 60.5 Å². The first-order valence-corrected chi connectivity index (χ1v) is 32.5. The number of carbonyl (C=O) groups is 2. The van der Waals surface area contributed by atoms with Crippen molar-refractivity contribution in [3.05, 3.63) is 131 Å². The number of phenols is 3. The summed E-state index contributed by atoms with van der Waals surface area (Å²) in [5.74, 6) is 5.61. The lowest BCUT2D eigenvalue weighted by atomic mass is 9.47. The SMILES string of the molecule is COc1cc2c(cc1O)C1=CC3CC4(CCC5(C4)NC4C(O)CCCC4C4CCc6ccc(O)cc6-c6cc7[nH]ccc7n6C45)C4CC(O)CCC4C3C2CC(=O)CC(C(O)Cc2ccc(O)c(OCCO)c2)OC(=O)CC#CCc2c1[nH]c1ccccc21. The Bertz CT molecular complexity index is 4020. The van der Waals surface area contributed by atoms with E-state index in [0.717, 1.165) is 125 Å². The molecule has 15 unspecified atom stereocenters. The van der Waals surface area contributed by atoms with Crippen molar-refractivity contribution in [3.63, 3.8) is 0 Å². The fraction of sp³-hybridized carbons (Fsp3) is 0.479. The molecule has 0 radical (unpaired) electrons. The number of Topliss-reactive ketones (excluding diaryl/α,β-unsaturated/α-hetero) is 1. The Hall–Kier alpha value is -7.52. The molecule has 6 heterocycles. The number of nitrogens with zero attached hydrogens (tertiary/aromatic N) is 1. The minimum atomic E-state index is -1.36. The van der Waals surface area contributed by atoms with E-state index in [-0.39, 0.29) is 133 Å². The quantitative estimate of drug-likeness (QED) is 0.0528. The lowest BCUT2D eigenvalue weighted by Crippen LogP contribution is -2.68. The van der Waals surface area contributed by atoms with Crippen molar-refractivity contribution in [3.8, 4) is 51.8 Å². The predicted molar refractivity (Wildman–Crippen MR) is 335 cm³/mol. The molecule has 4 aromatic carbocycles. The molecule has 5 aliphatic carbocycles. The van der Waals surface area contributed by atoms with Crippen LogP contribution in [0, 0.1) is 52.8 Å². The molecule has 5 fully saturated rings. The number of rotatable bonds is 7. The number of carbonyl (C=O) groups excluding carboxylic acids is 2. The van der Waals surface area contributed by atoms with Crippen LogP contribution in [0.1, 0.15) is 135 Å². The molecule has 2 bridgehead atoms. The van der Waals surface area contributed by atoms with Gasteiger partial charge < -0.3 is 69.8 Å². The Morgan fingerprint density at radius 1 is 0.843 bits per heavy atom. The lowest BCUT2D eigenvalue weighted by molar-refractivity contribution is -0.155. The van der Waals surface area contributed by atoms with Gasteiger partial charge in [-0.15, -0.1) is 0 Å². The summed E-state index contributed by atoms with van der Waals surface area (Å²) in [4.78, 5) is 37.0. The second kappa shape index (κ2) is 22.8. The number of piperidine rings is 1. The first kappa shape index (κ1) is 57.9. The fourth-order valence-electron chi connectivity index (χ4n) is 19.5. The molecule has 3 aromatic heterocycles. The number of hydrogen-bond donors (Lipinski definition) is 10. The van der Waals surface area contributed by atoms with Crippen LogP contribution in [0.2, 0.25) is 0 Å². The molecule has 16 nitrogen and oxygen atoms in total. The van der Waals surface area contributed by atoms with Crippen LogP contribution in [0.5, 0.6) is 28.7 Å². The number of para-hydroxylation sites is 1. The number of allylic oxidation sites excluding steroid dienone is 1. The molecular weight excluding hydrogens is 1120 g/mol. The highest BCUT2D eigenvalue weighted by Crippen LogP contribution is 2.70. The average molecular weight is 1210 g/mol. The van der Waals surface area contributed by atoms with Crippen LogP contribution < -0.4 is 14.8 Å². The molecule has 10 N–H and O–H groups in total. The van der Waals surface area contributed by atoms with Crippen molar-refractivity contribution in [2.24, 2.45) is 40.9 Å². The highest BCUT2D eigenvalue weighted by atomic mass is 16.6. The standard InChI is InChI=1S/C73H80N4O12/c1-87-64-35-52-51(34-63(64)85)54-29-41-37-72(22-23-73(38-72)71-48(47-9-6-11-61(83)70(47)76-73)18-15-40-14-16-42(79)30-50(40)59-36-57-58(77(59)71)21-24-74-57)55-32-43(80)17-19-49(55)68(41)53(52)31-44(81)33-66(62(84)27-39-13-20-60(82)65(28-39)88-26-25-78)89-67(86)12-5-3-8-46-45-7-2-4-10-56(45)75-69(46)54/h2,4,7,10,13-14,16,20-21,24,28-30,34-36,41,43,47-49,53,55,61-62,66,68,70-71,74-76,78-80,82-85H,6,8-9,11-12,15,17-19,22-23,25-27,31-33,37-38H2,1H3. The van der Waals surface area contributed by atoms with Crippen LogP contribution in [0.4, 0.5) is 0 Å². The summed E-state index contributed by atoms with van der Waals surface area (Å²) in [6.07, 6.45) is 10.1. The molecule has 0 amide bonds. The number of nitrogens with one attached hydrogen (secondary N) is 3. The third kappa shape index (κ3) is 9.92. The number of ether oxygens (including phenoxy) is 3. The van der Waals surface area contributed by atoms with Crippen LogP contribution in [0.25, 0.3) is 38.8 Å². The number of aliphatic hydroxyl groups is 4. The number of benzene rings is 4. The van der Waals surface area contributed by atoms with Crippen molar-refractivity contribution in [1.29, 1.82) is 0 Å². The molecule has 7 aromatic rings. The van der Waals surface area contributed by atoms with Gasteiger partial charge in [-0.05, 0) is 200 Å². The van der Waals surface area contributed by atoms with E-state index in [9.17, 15) is 40.5 Å². The summed E-state index contributed by atoms with van der Waals surface area (Å²) >= 11 is 0. The second-order valence-electron chi connectivity index (χ2n) is 27.5. The molecule has 1 saturated heterocycles. The number of aromatic amines is 2. The predicted octanol–water partition coefficient (Wildman–Crippen LogP) is 10.2. The zero-order chi connectivity index (χ0) is 61.0.